The first-order chi connectivity index (χ1) is 13.1. The van der Waals surface area contributed by atoms with Crippen molar-refractivity contribution in [3.63, 3.8) is 0 Å². The summed E-state index contributed by atoms with van der Waals surface area (Å²) in [6, 6.07) is 11.4. The third-order valence-corrected chi connectivity index (χ3v) is 5.76. The average Bonchev–Trinajstić information content (AvgIpc) is 2.66. The van der Waals surface area contributed by atoms with Crippen molar-refractivity contribution in [1.82, 2.24) is 4.90 Å². The third-order valence-electron chi connectivity index (χ3n) is 5.41. The van der Waals surface area contributed by atoms with Crippen molar-refractivity contribution in [2.45, 2.75) is 38.3 Å². The minimum absolute atomic E-state index is 0.0831. The lowest BCUT2D eigenvalue weighted by Gasteiger charge is -2.33. The van der Waals surface area contributed by atoms with E-state index < -0.39 is 0 Å². The number of carbonyl (C=O) groups excluding carboxylic acids is 1. The van der Waals surface area contributed by atoms with Crippen LogP contribution in [0.15, 0.2) is 36.4 Å². The highest BCUT2D eigenvalue weighted by Gasteiger charge is 2.22. The van der Waals surface area contributed by atoms with E-state index in [9.17, 15) is 9.18 Å². The predicted octanol–water partition coefficient (Wildman–Crippen LogP) is 4.44. The number of piperidine rings is 1. The predicted molar refractivity (Wildman–Crippen MR) is 107 cm³/mol. The maximum Gasteiger partial charge on any atom is 0.224 e. The summed E-state index contributed by atoms with van der Waals surface area (Å²) >= 11 is 6.14. The van der Waals surface area contributed by atoms with Crippen molar-refractivity contribution in [3.05, 3.63) is 58.4 Å². The molecule has 4 nitrogen and oxygen atoms in total. The number of fused-ring (bicyclic) bond motifs is 1. The summed E-state index contributed by atoms with van der Waals surface area (Å²) in [6.45, 7) is 2.33. The molecule has 2 aliphatic rings. The summed E-state index contributed by atoms with van der Waals surface area (Å²) in [6.07, 6.45) is 3.33. The van der Waals surface area contributed by atoms with E-state index in [-0.39, 0.29) is 11.7 Å². The minimum atomic E-state index is -0.237. The molecule has 2 aromatic carbocycles. The molecule has 4 rings (SSSR count). The SMILES string of the molecule is O=C1CCc2ccc(NC3CCN(Cc4c(F)cccc4Cl)CC3)cc2N1. The Morgan fingerprint density at radius 3 is 2.78 bits per heavy atom. The van der Waals surface area contributed by atoms with Gasteiger partial charge in [-0.1, -0.05) is 23.7 Å². The number of carbonyl (C=O) groups is 1. The molecule has 1 saturated heterocycles. The van der Waals surface area contributed by atoms with E-state index in [2.05, 4.69) is 27.7 Å². The first kappa shape index (κ1) is 18.3. The van der Waals surface area contributed by atoms with E-state index >= 15 is 0 Å². The zero-order chi connectivity index (χ0) is 18.8. The Bertz CT molecular complexity index is 829. The fourth-order valence-corrected chi connectivity index (χ4v) is 4.06. The molecule has 0 bridgehead atoms. The number of hydrogen-bond donors (Lipinski definition) is 2. The first-order valence-electron chi connectivity index (χ1n) is 9.43. The van der Waals surface area contributed by atoms with Gasteiger partial charge in [0.05, 0.1) is 0 Å². The zero-order valence-electron chi connectivity index (χ0n) is 15.1. The quantitative estimate of drug-likeness (QED) is 0.815. The van der Waals surface area contributed by atoms with Crippen LogP contribution in [0, 0.1) is 5.82 Å². The molecule has 6 heteroatoms. The monoisotopic (exact) mass is 387 g/mol. The summed E-state index contributed by atoms with van der Waals surface area (Å²) in [5.74, 6) is -0.154. The van der Waals surface area contributed by atoms with Crippen LogP contribution in [0.2, 0.25) is 5.02 Å². The number of nitrogens with zero attached hydrogens (tertiary/aromatic N) is 1. The Hall–Kier alpha value is -2.11. The van der Waals surface area contributed by atoms with E-state index in [1.807, 2.05) is 6.07 Å². The van der Waals surface area contributed by atoms with Crippen LogP contribution in [-0.4, -0.2) is 29.9 Å². The number of anilines is 2. The fourth-order valence-electron chi connectivity index (χ4n) is 3.84. The van der Waals surface area contributed by atoms with E-state index in [1.54, 1.807) is 12.1 Å². The van der Waals surface area contributed by atoms with E-state index in [1.165, 1.54) is 11.6 Å². The molecule has 0 aromatic heterocycles. The lowest BCUT2D eigenvalue weighted by atomic mass is 10.0. The molecular weight excluding hydrogens is 365 g/mol. The van der Waals surface area contributed by atoms with Crippen LogP contribution in [0.1, 0.15) is 30.4 Å². The molecule has 0 atom stereocenters. The smallest absolute Gasteiger partial charge is 0.224 e. The number of amides is 1. The van der Waals surface area contributed by atoms with Crippen molar-refractivity contribution in [2.24, 2.45) is 0 Å². The lowest BCUT2D eigenvalue weighted by molar-refractivity contribution is -0.116. The van der Waals surface area contributed by atoms with Gasteiger partial charge >= 0.3 is 0 Å². The van der Waals surface area contributed by atoms with Gasteiger partial charge in [0.2, 0.25) is 5.91 Å². The molecule has 0 radical (unpaired) electrons. The second-order valence-corrected chi connectivity index (χ2v) is 7.72. The topological polar surface area (TPSA) is 44.4 Å². The molecule has 142 valence electrons. The Kier molecular flexibility index (Phi) is 5.32. The van der Waals surface area contributed by atoms with Crippen LogP contribution >= 0.6 is 11.6 Å². The molecule has 2 aliphatic heterocycles. The van der Waals surface area contributed by atoms with Gasteiger partial charge in [-0.2, -0.15) is 0 Å². The lowest BCUT2D eigenvalue weighted by Crippen LogP contribution is -2.38. The second kappa shape index (κ2) is 7.87. The van der Waals surface area contributed by atoms with Crippen molar-refractivity contribution in [3.8, 4) is 0 Å². The molecule has 0 spiro atoms. The highest BCUT2D eigenvalue weighted by atomic mass is 35.5. The van der Waals surface area contributed by atoms with Crippen LogP contribution < -0.4 is 10.6 Å². The van der Waals surface area contributed by atoms with E-state index in [0.717, 1.165) is 43.7 Å². The summed E-state index contributed by atoms with van der Waals surface area (Å²) in [5.41, 5.74) is 3.72. The third kappa shape index (κ3) is 4.25. The number of hydrogen-bond acceptors (Lipinski definition) is 3. The van der Waals surface area contributed by atoms with Crippen LogP contribution in [-0.2, 0) is 17.8 Å². The zero-order valence-corrected chi connectivity index (χ0v) is 15.9. The molecule has 0 saturated carbocycles. The Labute approximate surface area is 163 Å². The molecular formula is C21H23ClFN3O. The minimum Gasteiger partial charge on any atom is -0.382 e. The number of likely N-dealkylation sites (tertiary alicyclic amines) is 1. The number of aryl methyl sites for hydroxylation is 1. The van der Waals surface area contributed by atoms with Crippen molar-refractivity contribution in [1.29, 1.82) is 0 Å². The summed E-state index contributed by atoms with van der Waals surface area (Å²) in [7, 11) is 0. The number of nitrogens with one attached hydrogen (secondary N) is 2. The van der Waals surface area contributed by atoms with Gasteiger partial charge in [0.15, 0.2) is 0 Å². The van der Waals surface area contributed by atoms with E-state index in [0.29, 0.717) is 29.6 Å². The standard InChI is InChI=1S/C21H23ClFN3O/c22-18-2-1-3-19(23)17(18)13-26-10-8-15(9-11-26)24-16-6-4-14-5-7-21(27)25-20(14)12-16/h1-4,6,12,15,24H,5,7-11,13H2,(H,25,27). The van der Waals surface area contributed by atoms with Gasteiger partial charge < -0.3 is 10.6 Å². The summed E-state index contributed by atoms with van der Waals surface area (Å²) < 4.78 is 14.0. The first-order valence-corrected chi connectivity index (χ1v) is 9.81. The molecule has 0 aliphatic carbocycles. The second-order valence-electron chi connectivity index (χ2n) is 7.32. The maximum absolute atomic E-state index is 14.0. The van der Waals surface area contributed by atoms with Gasteiger partial charge in [-0.3, -0.25) is 9.69 Å². The van der Waals surface area contributed by atoms with E-state index in [4.69, 9.17) is 11.6 Å². The highest BCUT2D eigenvalue weighted by Crippen LogP contribution is 2.28. The van der Waals surface area contributed by atoms with Crippen LogP contribution in [0.3, 0.4) is 0 Å². The van der Waals surface area contributed by atoms with Crippen LogP contribution in [0.25, 0.3) is 0 Å². The largest absolute Gasteiger partial charge is 0.382 e. The van der Waals surface area contributed by atoms with Gasteiger partial charge in [-0.15, -0.1) is 0 Å². The van der Waals surface area contributed by atoms with Gasteiger partial charge in [0.1, 0.15) is 5.82 Å². The summed E-state index contributed by atoms with van der Waals surface area (Å²) in [5, 5.41) is 7.01. The molecule has 1 fully saturated rings. The van der Waals surface area contributed by atoms with Crippen LogP contribution in [0.4, 0.5) is 15.8 Å². The Morgan fingerprint density at radius 1 is 1.19 bits per heavy atom. The maximum atomic E-state index is 14.0. The van der Waals surface area contributed by atoms with Crippen LogP contribution in [0.5, 0.6) is 0 Å². The normalized spacial score (nSPS) is 18.1. The van der Waals surface area contributed by atoms with Gasteiger partial charge in [0, 0.05) is 54.1 Å². The average molecular weight is 388 g/mol. The Balaban J connectivity index is 1.33. The molecule has 1 amide bonds. The molecule has 2 N–H and O–H groups in total. The van der Waals surface area contributed by atoms with Crippen molar-refractivity contribution in [2.75, 3.05) is 23.7 Å². The molecule has 2 aromatic rings. The molecule has 27 heavy (non-hydrogen) atoms. The van der Waals surface area contributed by atoms with Crippen molar-refractivity contribution < 1.29 is 9.18 Å². The molecule has 2 heterocycles. The van der Waals surface area contributed by atoms with Gasteiger partial charge in [0.25, 0.3) is 0 Å². The number of benzene rings is 2. The van der Waals surface area contributed by atoms with Gasteiger partial charge in [-0.05, 0) is 49.1 Å². The number of halogens is 2. The Morgan fingerprint density at radius 2 is 2.00 bits per heavy atom. The number of rotatable bonds is 4. The van der Waals surface area contributed by atoms with Gasteiger partial charge in [-0.25, -0.2) is 4.39 Å². The fraction of sp³-hybridized carbons (Fsp3) is 0.381. The van der Waals surface area contributed by atoms with Crippen molar-refractivity contribution >= 4 is 28.9 Å². The highest BCUT2D eigenvalue weighted by molar-refractivity contribution is 6.31. The molecule has 0 unspecified atom stereocenters. The summed E-state index contributed by atoms with van der Waals surface area (Å²) in [4.78, 5) is 13.8.